The SMILES string of the molecule is NC(=O)C1CCN(C(=O)CCNS(=O)(=O)c2ccc3c(c2)CCCC3)CC1. The molecule has 0 atom stereocenters. The molecule has 0 bridgehead atoms. The minimum Gasteiger partial charge on any atom is -0.369 e. The van der Waals surface area contributed by atoms with Crippen LogP contribution in [0, 0.1) is 5.92 Å². The van der Waals surface area contributed by atoms with Crippen molar-refractivity contribution in [1.82, 2.24) is 9.62 Å². The number of hydrogen-bond acceptors (Lipinski definition) is 4. The molecule has 1 saturated heterocycles. The van der Waals surface area contributed by atoms with Gasteiger partial charge < -0.3 is 10.6 Å². The number of aryl methyl sites for hydroxylation is 2. The number of amides is 2. The van der Waals surface area contributed by atoms with Crippen molar-refractivity contribution >= 4 is 21.8 Å². The van der Waals surface area contributed by atoms with Gasteiger partial charge in [-0.15, -0.1) is 0 Å². The zero-order valence-corrected chi connectivity index (χ0v) is 16.3. The summed E-state index contributed by atoms with van der Waals surface area (Å²) in [5, 5.41) is 0. The fourth-order valence-corrected chi connectivity index (χ4v) is 4.91. The molecule has 3 N–H and O–H groups in total. The van der Waals surface area contributed by atoms with Crippen LogP contribution in [0.5, 0.6) is 0 Å². The average Bonchev–Trinajstić information content (AvgIpc) is 2.67. The Labute approximate surface area is 160 Å². The van der Waals surface area contributed by atoms with Gasteiger partial charge in [0.2, 0.25) is 21.8 Å². The monoisotopic (exact) mass is 393 g/mol. The van der Waals surface area contributed by atoms with Crippen LogP contribution in [0.3, 0.4) is 0 Å². The summed E-state index contributed by atoms with van der Waals surface area (Å²) in [6.07, 6.45) is 5.40. The predicted octanol–water partition coefficient (Wildman–Crippen LogP) is 0.958. The van der Waals surface area contributed by atoms with Gasteiger partial charge >= 0.3 is 0 Å². The number of carbonyl (C=O) groups excluding carboxylic acids is 2. The number of fused-ring (bicyclic) bond motifs is 1. The van der Waals surface area contributed by atoms with Gasteiger partial charge in [-0.05, 0) is 61.8 Å². The minimum atomic E-state index is -3.62. The highest BCUT2D eigenvalue weighted by Gasteiger charge is 2.26. The molecule has 148 valence electrons. The Morgan fingerprint density at radius 1 is 1.11 bits per heavy atom. The van der Waals surface area contributed by atoms with E-state index in [-0.39, 0.29) is 35.6 Å². The van der Waals surface area contributed by atoms with Crippen molar-refractivity contribution in [3.63, 3.8) is 0 Å². The summed E-state index contributed by atoms with van der Waals surface area (Å²) in [6.45, 7) is 1.04. The molecule has 1 aromatic rings. The van der Waals surface area contributed by atoms with E-state index in [2.05, 4.69) is 4.72 Å². The molecule has 1 heterocycles. The summed E-state index contributed by atoms with van der Waals surface area (Å²) >= 11 is 0. The number of nitrogens with one attached hydrogen (secondary N) is 1. The van der Waals surface area contributed by atoms with Gasteiger partial charge in [0, 0.05) is 32.0 Å². The highest BCUT2D eigenvalue weighted by atomic mass is 32.2. The molecule has 27 heavy (non-hydrogen) atoms. The lowest BCUT2D eigenvalue weighted by Gasteiger charge is -2.30. The predicted molar refractivity (Wildman–Crippen MR) is 101 cm³/mol. The van der Waals surface area contributed by atoms with Gasteiger partial charge in [0.15, 0.2) is 0 Å². The second-order valence-electron chi connectivity index (χ2n) is 7.34. The van der Waals surface area contributed by atoms with Crippen LogP contribution in [0.25, 0.3) is 0 Å². The van der Waals surface area contributed by atoms with E-state index in [9.17, 15) is 18.0 Å². The summed E-state index contributed by atoms with van der Waals surface area (Å²) in [5.41, 5.74) is 7.64. The first-order valence-electron chi connectivity index (χ1n) is 9.55. The zero-order valence-electron chi connectivity index (χ0n) is 15.4. The maximum atomic E-state index is 12.5. The van der Waals surface area contributed by atoms with Crippen LogP contribution in [0.2, 0.25) is 0 Å². The molecular formula is C19H27N3O4S. The molecule has 1 fully saturated rings. The van der Waals surface area contributed by atoms with Crippen LogP contribution >= 0.6 is 0 Å². The van der Waals surface area contributed by atoms with E-state index in [1.807, 2.05) is 6.07 Å². The van der Waals surface area contributed by atoms with E-state index < -0.39 is 10.0 Å². The van der Waals surface area contributed by atoms with Crippen molar-refractivity contribution in [3.05, 3.63) is 29.3 Å². The molecule has 0 saturated carbocycles. The number of sulfonamides is 1. The maximum absolute atomic E-state index is 12.5. The number of primary amides is 1. The van der Waals surface area contributed by atoms with Crippen molar-refractivity contribution in [2.24, 2.45) is 11.7 Å². The Morgan fingerprint density at radius 3 is 2.44 bits per heavy atom. The molecule has 3 rings (SSSR count). The molecule has 0 spiro atoms. The second kappa shape index (κ2) is 8.39. The molecule has 8 heteroatoms. The van der Waals surface area contributed by atoms with Crippen molar-refractivity contribution in [2.45, 2.75) is 49.8 Å². The molecule has 1 aliphatic carbocycles. The highest BCUT2D eigenvalue weighted by molar-refractivity contribution is 7.89. The third-order valence-corrected chi connectivity index (χ3v) is 6.97. The lowest BCUT2D eigenvalue weighted by Crippen LogP contribution is -2.42. The molecule has 7 nitrogen and oxygen atoms in total. The topological polar surface area (TPSA) is 110 Å². The zero-order chi connectivity index (χ0) is 19.4. The molecule has 2 aliphatic rings. The first kappa shape index (κ1) is 19.8. The van der Waals surface area contributed by atoms with Gasteiger partial charge in [0.25, 0.3) is 0 Å². The number of benzene rings is 1. The van der Waals surface area contributed by atoms with Crippen LogP contribution in [-0.4, -0.2) is 44.8 Å². The van der Waals surface area contributed by atoms with E-state index in [0.717, 1.165) is 31.2 Å². The lowest BCUT2D eigenvalue weighted by molar-refractivity contribution is -0.134. The Hall–Kier alpha value is -1.93. The standard InChI is InChI=1S/C19H27N3O4S/c20-19(24)15-8-11-22(12-9-15)18(23)7-10-21-27(25,26)17-6-5-14-3-1-2-4-16(14)13-17/h5-6,13,15,21H,1-4,7-12H2,(H2,20,24). The van der Waals surface area contributed by atoms with Crippen LogP contribution in [0.4, 0.5) is 0 Å². The molecule has 1 aromatic carbocycles. The molecule has 0 unspecified atom stereocenters. The average molecular weight is 394 g/mol. The van der Waals surface area contributed by atoms with Crippen LogP contribution in [0.1, 0.15) is 43.2 Å². The number of carbonyl (C=O) groups is 2. The van der Waals surface area contributed by atoms with Crippen molar-refractivity contribution in [2.75, 3.05) is 19.6 Å². The second-order valence-corrected chi connectivity index (χ2v) is 9.11. The van der Waals surface area contributed by atoms with Gasteiger partial charge in [0.1, 0.15) is 0 Å². The van der Waals surface area contributed by atoms with Crippen LogP contribution in [-0.2, 0) is 32.5 Å². The van der Waals surface area contributed by atoms with Crippen molar-refractivity contribution < 1.29 is 18.0 Å². The van der Waals surface area contributed by atoms with Gasteiger partial charge in [0.05, 0.1) is 4.90 Å². The summed E-state index contributed by atoms with van der Waals surface area (Å²) in [6, 6.07) is 5.30. The summed E-state index contributed by atoms with van der Waals surface area (Å²) in [5.74, 6) is -0.595. The smallest absolute Gasteiger partial charge is 0.240 e. The van der Waals surface area contributed by atoms with E-state index in [4.69, 9.17) is 5.73 Å². The number of piperidine rings is 1. The van der Waals surface area contributed by atoms with Crippen LogP contribution in [0.15, 0.2) is 23.1 Å². The van der Waals surface area contributed by atoms with E-state index in [0.29, 0.717) is 25.9 Å². The lowest BCUT2D eigenvalue weighted by atomic mass is 9.92. The number of hydrogen-bond donors (Lipinski definition) is 2. The van der Waals surface area contributed by atoms with Gasteiger partial charge in [-0.25, -0.2) is 13.1 Å². The number of likely N-dealkylation sites (tertiary alicyclic amines) is 1. The van der Waals surface area contributed by atoms with Crippen molar-refractivity contribution in [3.8, 4) is 0 Å². The van der Waals surface area contributed by atoms with Crippen molar-refractivity contribution in [1.29, 1.82) is 0 Å². The summed E-state index contributed by atoms with van der Waals surface area (Å²) < 4.78 is 27.5. The quantitative estimate of drug-likeness (QED) is 0.750. The maximum Gasteiger partial charge on any atom is 0.240 e. The number of rotatable bonds is 6. The van der Waals surface area contributed by atoms with Gasteiger partial charge in [-0.1, -0.05) is 6.07 Å². The fourth-order valence-electron chi connectivity index (χ4n) is 3.82. The Kier molecular flexibility index (Phi) is 6.16. The third-order valence-electron chi connectivity index (χ3n) is 5.51. The molecule has 0 aromatic heterocycles. The highest BCUT2D eigenvalue weighted by Crippen LogP contribution is 2.24. The molecule has 1 aliphatic heterocycles. The third kappa shape index (κ3) is 4.87. The normalized spacial score (nSPS) is 18.1. The Balaban J connectivity index is 1.51. The largest absolute Gasteiger partial charge is 0.369 e. The Bertz CT molecular complexity index is 814. The number of nitrogens with two attached hydrogens (primary N) is 1. The Morgan fingerprint density at radius 2 is 1.78 bits per heavy atom. The first-order valence-corrected chi connectivity index (χ1v) is 11.0. The first-order chi connectivity index (χ1) is 12.9. The molecule has 0 radical (unpaired) electrons. The minimum absolute atomic E-state index is 0.0635. The van der Waals surface area contributed by atoms with E-state index in [1.54, 1.807) is 17.0 Å². The number of nitrogens with zero attached hydrogens (tertiary/aromatic N) is 1. The fraction of sp³-hybridized carbons (Fsp3) is 0.579. The summed E-state index contributed by atoms with van der Waals surface area (Å²) in [4.78, 5) is 25.4. The molecule has 2 amide bonds. The molecular weight excluding hydrogens is 366 g/mol. The van der Waals surface area contributed by atoms with Crippen LogP contribution < -0.4 is 10.5 Å². The van der Waals surface area contributed by atoms with E-state index >= 15 is 0 Å². The van der Waals surface area contributed by atoms with Gasteiger partial charge in [-0.3, -0.25) is 9.59 Å². The van der Waals surface area contributed by atoms with E-state index in [1.165, 1.54) is 5.56 Å². The summed E-state index contributed by atoms with van der Waals surface area (Å²) in [7, 11) is -3.62. The van der Waals surface area contributed by atoms with Gasteiger partial charge in [-0.2, -0.15) is 0 Å².